The summed E-state index contributed by atoms with van der Waals surface area (Å²) in [6.07, 6.45) is 0. The summed E-state index contributed by atoms with van der Waals surface area (Å²) >= 11 is 3.67. The molecule has 32 heavy (non-hydrogen) atoms. The highest BCUT2D eigenvalue weighted by atomic mass is 79.9. The molecule has 0 saturated carbocycles. The van der Waals surface area contributed by atoms with Crippen LogP contribution in [0.25, 0.3) is 49.7 Å². The number of hydrogen-bond acceptors (Lipinski definition) is 0. The quantitative estimate of drug-likeness (QED) is 0.241. The van der Waals surface area contributed by atoms with Crippen LogP contribution in [0.2, 0.25) is 0 Å². The normalized spacial score (nSPS) is 11.3. The average molecular weight is 474 g/mol. The van der Waals surface area contributed by atoms with Crippen LogP contribution in [0.3, 0.4) is 0 Å². The number of aromatic nitrogens is 1. The van der Waals surface area contributed by atoms with Crippen molar-refractivity contribution in [1.82, 2.24) is 4.57 Å². The van der Waals surface area contributed by atoms with Gasteiger partial charge in [-0.05, 0) is 70.8 Å². The molecule has 0 aliphatic rings. The Balaban J connectivity index is 1.58. The third-order valence-electron chi connectivity index (χ3n) is 6.04. The Labute approximate surface area is 195 Å². The first-order chi connectivity index (χ1) is 15.8. The second kappa shape index (κ2) is 7.81. The van der Waals surface area contributed by atoms with E-state index in [9.17, 15) is 0 Å². The lowest BCUT2D eigenvalue weighted by Gasteiger charge is -2.09. The van der Waals surface area contributed by atoms with Crippen LogP contribution in [-0.2, 0) is 0 Å². The molecule has 0 N–H and O–H groups in total. The molecule has 1 nitrogen and oxygen atoms in total. The van der Waals surface area contributed by atoms with E-state index in [2.05, 4.69) is 142 Å². The summed E-state index contributed by atoms with van der Waals surface area (Å²) in [5.41, 5.74) is 8.52. The van der Waals surface area contributed by atoms with Gasteiger partial charge in [-0.25, -0.2) is 0 Å². The molecule has 2 heteroatoms. The van der Waals surface area contributed by atoms with Crippen LogP contribution < -0.4 is 0 Å². The van der Waals surface area contributed by atoms with Gasteiger partial charge in [0.05, 0.1) is 11.0 Å². The van der Waals surface area contributed by atoms with E-state index in [-0.39, 0.29) is 0 Å². The second-order valence-electron chi connectivity index (χ2n) is 8.01. The maximum absolute atomic E-state index is 3.67. The third-order valence-corrected chi connectivity index (χ3v) is 6.54. The van der Waals surface area contributed by atoms with Gasteiger partial charge in [-0.2, -0.15) is 0 Å². The van der Waals surface area contributed by atoms with E-state index >= 15 is 0 Å². The summed E-state index contributed by atoms with van der Waals surface area (Å²) in [6.45, 7) is 0. The number of rotatable bonds is 3. The molecular weight excluding hydrogens is 454 g/mol. The summed E-state index contributed by atoms with van der Waals surface area (Å²) in [5, 5.41) is 2.51. The van der Waals surface area contributed by atoms with E-state index in [1.165, 1.54) is 49.7 Å². The molecule has 6 aromatic rings. The Bertz CT molecular complexity index is 1560. The van der Waals surface area contributed by atoms with Crippen LogP contribution in [0.15, 0.2) is 126 Å². The first-order valence-corrected chi connectivity index (χ1v) is 11.5. The Morgan fingerprint density at radius 3 is 1.75 bits per heavy atom. The van der Waals surface area contributed by atoms with Gasteiger partial charge in [0, 0.05) is 20.9 Å². The number of benzene rings is 5. The lowest BCUT2D eigenvalue weighted by Crippen LogP contribution is -1.92. The minimum absolute atomic E-state index is 1.09. The van der Waals surface area contributed by atoms with Crippen molar-refractivity contribution >= 4 is 37.7 Å². The first kappa shape index (κ1) is 19.1. The Morgan fingerprint density at radius 1 is 0.438 bits per heavy atom. The van der Waals surface area contributed by atoms with Crippen molar-refractivity contribution in [1.29, 1.82) is 0 Å². The highest BCUT2D eigenvalue weighted by Crippen LogP contribution is 2.36. The van der Waals surface area contributed by atoms with Gasteiger partial charge >= 0.3 is 0 Å². The molecule has 0 amide bonds. The summed E-state index contributed by atoms with van der Waals surface area (Å²) in [7, 11) is 0. The predicted molar refractivity (Wildman–Crippen MR) is 139 cm³/mol. The fraction of sp³-hybridized carbons (Fsp3) is 0. The zero-order valence-electron chi connectivity index (χ0n) is 17.4. The van der Waals surface area contributed by atoms with Gasteiger partial charge < -0.3 is 4.57 Å². The Morgan fingerprint density at radius 2 is 1.00 bits per heavy atom. The number of hydrogen-bond donors (Lipinski definition) is 0. The smallest absolute Gasteiger partial charge is 0.0541 e. The van der Waals surface area contributed by atoms with Crippen molar-refractivity contribution in [2.75, 3.05) is 0 Å². The van der Waals surface area contributed by atoms with E-state index in [1.807, 2.05) is 0 Å². The fourth-order valence-corrected chi connectivity index (χ4v) is 4.90. The van der Waals surface area contributed by atoms with Crippen molar-refractivity contribution < 1.29 is 0 Å². The van der Waals surface area contributed by atoms with Crippen LogP contribution in [0.1, 0.15) is 0 Å². The molecule has 0 bridgehead atoms. The fourth-order valence-electron chi connectivity index (χ4n) is 4.54. The van der Waals surface area contributed by atoms with Crippen LogP contribution in [0.4, 0.5) is 0 Å². The second-order valence-corrected chi connectivity index (χ2v) is 8.93. The zero-order valence-corrected chi connectivity index (χ0v) is 19.0. The minimum Gasteiger partial charge on any atom is -0.309 e. The molecule has 0 atom stereocenters. The highest BCUT2D eigenvalue weighted by molar-refractivity contribution is 9.10. The predicted octanol–water partition coefficient (Wildman–Crippen LogP) is 8.88. The molecule has 0 aliphatic carbocycles. The molecule has 6 rings (SSSR count). The number of halogens is 1. The van der Waals surface area contributed by atoms with Gasteiger partial charge in [0.2, 0.25) is 0 Å². The van der Waals surface area contributed by atoms with Crippen molar-refractivity contribution in [3.05, 3.63) is 126 Å². The van der Waals surface area contributed by atoms with Crippen molar-refractivity contribution in [3.8, 4) is 27.9 Å². The topological polar surface area (TPSA) is 4.93 Å². The van der Waals surface area contributed by atoms with E-state index in [1.54, 1.807) is 0 Å². The highest BCUT2D eigenvalue weighted by Gasteiger charge is 2.14. The van der Waals surface area contributed by atoms with Crippen molar-refractivity contribution in [2.24, 2.45) is 0 Å². The average Bonchev–Trinajstić information content (AvgIpc) is 3.18. The van der Waals surface area contributed by atoms with Crippen molar-refractivity contribution in [3.63, 3.8) is 0 Å². The molecule has 0 unspecified atom stereocenters. The maximum Gasteiger partial charge on any atom is 0.0541 e. The number of fused-ring (bicyclic) bond motifs is 3. The molecule has 0 fully saturated rings. The largest absolute Gasteiger partial charge is 0.309 e. The van der Waals surface area contributed by atoms with Crippen LogP contribution >= 0.6 is 15.9 Å². The van der Waals surface area contributed by atoms with Crippen LogP contribution in [0, 0.1) is 0 Å². The lowest BCUT2D eigenvalue weighted by atomic mass is 9.98. The van der Waals surface area contributed by atoms with E-state index in [4.69, 9.17) is 0 Å². The van der Waals surface area contributed by atoms with E-state index in [0.717, 1.165) is 4.47 Å². The van der Waals surface area contributed by atoms with Crippen LogP contribution in [0.5, 0.6) is 0 Å². The van der Waals surface area contributed by atoms with Gasteiger partial charge in [0.1, 0.15) is 0 Å². The minimum atomic E-state index is 1.09. The zero-order chi connectivity index (χ0) is 21.5. The molecule has 0 saturated heterocycles. The Kier molecular flexibility index (Phi) is 4.66. The van der Waals surface area contributed by atoms with E-state index in [0.29, 0.717) is 0 Å². The van der Waals surface area contributed by atoms with Gasteiger partial charge in [-0.15, -0.1) is 0 Å². The molecule has 152 valence electrons. The molecule has 5 aromatic carbocycles. The molecule has 1 heterocycles. The number of nitrogens with zero attached hydrogens (tertiary/aromatic N) is 1. The third kappa shape index (κ3) is 3.24. The van der Waals surface area contributed by atoms with Gasteiger partial charge in [0.25, 0.3) is 0 Å². The molecule has 0 aliphatic heterocycles. The van der Waals surface area contributed by atoms with Crippen LogP contribution in [-0.4, -0.2) is 4.57 Å². The summed E-state index contributed by atoms with van der Waals surface area (Å²) < 4.78 is 3.44. The molecule has 0 spiro atoms. The first-order valence-electron chi connectivity index (χ1n) is 10.7. The van der Waals surface area contributed by atoms with Crippen molar-refractivity contribution in [2.45, 2.75) is 0 Å². The Hall–Kier alpha value is -3.62. The SMILES string of the molecule is Brc1ccc2c(c1)c1cc(-c3cccc(-c4ccccc4)c3)ccc1n2-c1ccccc1. The van der Waals surface area contributed by atoms with Gasteiger partial charge in [0.15, 0.2) is 0 Å². The van der Waals surface area contributed by atoms with Gasteiger partial charge in [-0.3, -0.25) is 0 Å². The summed E-state index contributed by atoms with van der Waals surface area (Å²) in [4.78, 5) is 0. The molecule has 1 aromatic heterocycles. The summed E-state index contributed by atoms with van der Waals surface area (Å²) in [5.74, 6) is 0. The standard InChI is InChI=1S/C30H20BrN/c31-25-15-17-30-28(20-25)27-19-24(14-16-29(27)32(30)26-12-5-2-6-13-26)23-11-7-10-22(18-23)21-8-3-1-4-9-21/h1-20H. The van der Waals surface area contributed by atoms with E-state index < -0.39 is 0 Å². The monoisotopic (exact) mass is 473 g/mol. The molecular formula is C30H20BrN. The molecule has 0 radical (unpaired) electrons. The number of para-hydroxylation sites is 1. The lowest BCUT2D eigenvalue weighted by molar-refractivity contribution is 1.18. The maximum atomic E-state index is 3.67. The summed E-state index contributed by atoms with van der Waals surface area (Å²) in [6, 6.07) is 43.3. The van der Waals surface area contributed by atoms with Gasteiger partial charge in [-0.1, -0.05) is 88.7 Å².